The van der Waals surface area contributed by atoms with E-state index in [0.717, 1.165) is 5.75 Å². The minimum absolute atomic E-state index is 0.0346. The Morgan fingerprint density at radius 3 is 2.87 bits per heavy atom. The van der Waals surface area contributed by atoms with Crippen LogP contribution < -0.4 is 5.32 Å². The van der Waals surface area contributed by atoms with Gasteiger partial charge >= 0.3 is 0 Å². The molecule has 0 saturated carbocycles. The van der Waals surface area contributed by atoms with Crippen LogP contribution in [0.3, 0.4) is 0 Å². The van der Waals surface area contributed by atoms with Gasteiger partial charge in [-0.05, 0) is 12.3 Å². The van der Waals surface area contributed by atoms with Gasteiger partial charge in [0, 0.05) is 24.3 Å². The molecule has 1 aromatic carbocycles. The number of hydrogen-bond acceptors (Lipinski definition) is 2. The number of nitrogens with one attached hydrogen (secondary N) is 1. The number of rotatable bonds is 5. The van der Waals surface area contributed by atoms with Crippen LogP contribution in [0.1, 0.15) is 12.0 Å². The van der Waals surface area contributed by atoms with Gasteiger partial charge in [0.25, 0.3) is 0 Å². The number of thioether (sulfide) groups is 1. The van der Waals surface area contributed by atoms with E-state index in [0.29, 0.717) is 12.0 Å². The van der Waals surface area contributed by atoms with Crippen molar-refractivity contribution in [2.45, 2.75) is 13.0 Å². The zero-order valence-corrected chi connectivity index (χ0v) is 9.44. The number of carbonyl (C=O) groups excluding carboxylic acids is 1. The predicted molar refractivity (Wildman–Crippen MR) is 61.2 cm³/mol. The summed E-state index contributed by atoms with van der Waals surface area (Å²) in [5.74, 6) is 0.485. The number of halogens is 1. The number of amides is 1. The summed E-state index contributed by atoms with van der Waals surface area (Å²) in [5.41, 5.74) is 0.523. The second-order valence-corrected chi connectivity index (χ2v) is 4.10. The lowest BCUT2D eigenvalue weighted by molar-refractivity contribution is -0.120. The Hall–Kier alpha value is -1.03. The average Bonchev–Trinajstić information content (AvgIpc) is 2.25. The maximum atomic E-state index is 13.1. The molecule has 0 fully saturated rings. The molecular formula is C11H14FNOS. The molecule has 1 amide bonds. The molecule has 0 saturated heterocycles. The number of benzene rings is 1. The van der Waals surface area contributed by atoms with Crippen molar-refractivity contribution in [2.75, 3.05) is 12.0 Å². The second kappa shape index (κ2) is 6.45. The number of carbonyl (C=O) groups is 1. The SMILES string of the molecule is CSCCC(=O)NCc1ccccc1F. The third-order valence-electron chi connectivity index (χ3n) is 1.97. The van der Waals surface area contributed by atoms with Gasteiger partial charge in [-0.25, -0.2) is 4.39 Å². The number of hydrogen-bond donors (Lipinski definition) is 1. The summed E-state index contributed by atoms with van der Waals surface area (Å²) < 4.78 is 13.1. The maximum Gasteiger partial charge on any atom is 0.221 e. The third-order valence-corrected chi connectivity index (χ3v) is 2.58. The molecule has 0 aromatic heterocycles. The lowest BCUT2D eigenvalue weighted by Crippen LogP contribution is -2.23. The molecule has 0 aliphatic rings. The monoisotopic (exact) mass is 227 g/mol. The minimum atomic E-state index is -0.275. The average molecular weight is 227 g/mol. The molecule has 4 heteroatoms. The molecule has 15 heavy (non-hydrogen) atoms. The Labute approximate surface area is 93.3 Å². The maximum absolute atomic E-state index is 13.1. The molecule has 0 unspecified atom stereocenters. The van der Waals surface area contributed by atoms with Gasteiger partial charge in [-0.1, -0.05) is 18.2 Å². The Kier molecular flexibility index (Phi) is 5.18. The minimum Gasteiger partial charge on any atom is -0.352 e. The third kappa shape index (κ3) is 4.34. The lowest BCUT2D eigenvalue weighted by Gasteiger charge is -2.05. The second-order valence-electron chi connectivity index (χ2n) is 3.11. The van der Waals surface area contributed by atoms with Crippen LogP contribution >= 0.6 is 11.8 Å². The Morgan fingerprint density at radius 1 is 1.47 bits per heavy atom. The highest BCUT2D eigenvalue weighted by Gasteiger charge is 2.03. The largest absolute Gasteiger partial charge is 0.352 e. The highest BCUT2D eigenvalue weighted by Crippen LogP contribution is 2.05. The molecule has 1 aromatic rings. The van der Waals surface area contributed by atoms with Gasteiger partial charge in [-0.3, -0.25) is 4.79 Å². The van der Waals surface area contributed by atoms with E-state index in [2.05, 4.69) is 5.32 Å². The van der Waals surface area contributed by atoms with Gasteiger partial charge < -0.3 is 5.32 Å². The molecular weight excluding hydrogens is 213 g/mol. The fourth-order valence-electron chi connectivity index (χ4n) is 1.12. The smallest absolute Gasteiger partial charge is 0.221 e. The van der Waals surface area contributed by atoms with E-state index in [1.54, 1.807) is 30.0 Å². The summed E-state index contributed by atoms with van der Waals surface area (Å²) in [6.07, 6.45) is 2.43. The first kappa shape index (κ1) is 12.0. The zero-order valence-electron chi connectivity index (χ0n) is 8.63. The summed E-state index contributed by atoms with van der Waals surface area (Å²) >= 11 is 1.62. The first-order valence-corrected chi connectivity index (χ1v) is 6.12. The summed E-state index contributed by atoms with van der Waals surface area (Å²) in [5, 5.41) is 2.68. The van der Waals surface area contributed by atoms with Crippen molar-refractivity contribution in [3.05, 3.63) is 35.6 Å². The zero-order chi connectivity index (χ0) is 11.1. The van der Waals surface area contributed by atoms with Crippen LogP contribution in [0.25, 0.3) is 0 Å². The van der Waals surface area contributed by atoms with Crippen LogP contribution in [-0.4, -0.2) is 17.9 Å². The summed E-state index contributed by atoms with van der Waals surface area (Å²) in [6, 6.07) is 6.45. The van der Waals surface area contributed by atoms with Crippen molar-refractivity contribution in [1.82, 2.24) is 5.32 Å². The Bertz CT molecular complexity index is 330. The van der Waals surface area contributed by atoms with Gasteiger partial charge in [-0.2, -0.15) is 11.8 Å². The molecule has 1 rings (SSSR count). The highest BCUT2D eigenvalue weighted by molar-refractivity contribution is 7.98. The lowest BCUT2D eigenvalue weighted by atomic mass is 10.2. The van der Waals surface area contributed by atoms with Crippen molar-refractivity contribution in [3.63, 3.8) is 0 Å². The van der Waals surface area contributed by atoms with E-state index in [1.165, 1.54) is 6.07 Å². The normalized spacial score (nSPS) is 10.0. The summed E-state index contributed by atoms with van der Waals surface area (Å²) in [6.45, 7) is 0.264. The van der Waals surface area contributed by atoms with Crippen molar-refractivity contribution in [2.24, 2.45) is 0 Å². The van der Waals surface area contributed by atoms with Crippen molar-refractivity contribution < 1.29 is 9.18 Å². The molecule has 2 nitrogen and oxygen atoms in total. The Balaban J connectivity index is 2.37. The summed E-state index contributed by atoms with van der Waals surface area (Å²) in [4.78, 5) is 11.2. The molecule has 0 radical (unpaired) electrons. The fourth-order valence-corrected chi connectivity index (χ4v) is 1.51. The summed E-state index contributed by atoms with van der Waals surface area (Å²) in [7, 11) is 0. The van der Waals surface area contributed by atoms with E-state index < -0.39 is 0 Å². The predicted octanol–water partition coefficient (Wildman–Crippen LogP) is 2.20. The van der Waals surface area contributed by atoms with Crippen LogP contribution in [0.4, 0.5) is 4.39 Å². The first-order valence-electron chi connectivity index (χ1n) is 4.73. The van der Waals surface area contributed by atoms with Gasteiger partial charge in [0.1, 0.15) is 5.82 Å². The van der Waals surface area contributed by atoms with E-state index in [-0.39, 0.29) is 18.3 Å². The van der Waals surface area contributed by atoms with Gasteiger partial charge in [0.2, 0.25) is 5.91 Å². The van der Waals surface area contributed by atoms with E-state index >= 15 is 0 Å². The molecule has 0 spiro atoms. The van der Waals surface area contributed by atoms with Crippen molar-refractivity contribution >= 4 is 17.7 Å². The van der Waals surface area contributed by atoms with Crippen LogP contribution in [0, 0.1) is 5.82 Å². The first-order chi connectivity index (χ1) is 7.24. The highest BCUT2D eigenvalue weighted by atomic mass is 32.2. The van der Waals surface area contributed by atoms with Gasteiger partial charge in [-0.15, -0.1) is 0 Å². The van der Waals surface area contributed by atoms with E-state index in [1.807, 2.05) is 6.26 Å². The Morgan fingerprint density at radius 2 is 2.20 bits per heavy atom. The van der Waals surface area contributed by atoms with Crippen molar-refractivity contribution in [3.8, 4) is 0 Å². The van der Waals surface area contributed by atoms with Crippen LogP contribution in [0.2, 0.25) is 0 Å². The van der Waals surface area contributed by atoms with Gasteiger partial charge in [0.15, 0.2) is 0 Å². The standard InChI is InChI=1S/C11H14FNOS/c1-15-7-6-11(14)13-8-9-4-2-3-5-10(9)12/h2-5H,6-8H2,1H3,(H,13,14). The van der Waals surface area contributed by atoms with Crippen LogP contribution in [0.15, 0.2) is 24.3 Å². The van der Waals surface area contributed by atoms with Crippen LogP contribution in [-0.2, 0) is 11.3 Å². The molecule has 0 aliphatic heterocycles. The van der Waals surface area contributed by atoms with E-state index in [9.17, 15) is 9.18 Å². The van der Waals surface area contributed by atoms with E-state index in [4.69, 9.17) is 0 Å². The molecule has 82 valence electrons. The van der Waals surface area contributed by atoms with Gasteiger partial charge in [0.05, 0.1) is 0 Å². The molecule has 0 heterocycles. The molecule has 1 N–H and O–H groups in total. The molecule has 0 bridgehead atoms. The fraction of sp³-hybridized carbons (Fsp3) is 0.364. The molecule has 0 atom stereocenters. The topological polar surface area (TPSA) is 29.1 Å². The quantitative estimate of drug-likeness (QED) is 0.835. The van der Waals surface area contributed by atoms with Crippen LogP contribution in [0.5, 0.6) is 0 Å². The molecule has 0 aliphatic carbocycles. The van der Waals surface area contributed by atoms with Crippen molar-refractivity contribution in [1.29, 1.82) is 0 Å².